The summed E-state index contributed by atoms with van der Waals surface area (Å²) < 4.78 is 0. The number of aromatic hydroxyl groups is 1. The van der Waals surface area contributed by atoms with E-state index in [0.717, 1.165) is 0 Å². The van der Waals surface area contributed by atoms with Crippen LogP contribution in [0.2, 0.25) is 5.02 Å². The van der Waals surface area contributed by atoms with Gasteiger partial charge in [-0.2, -0.15) is 4.99 Å². The van der Waals surface area contributed by atoms with Crippen molar-refractivity contribution in [2.45, 2.75) is 0 Å². The summed E-state index contributed by atoms with van der Waals surface area (Å²) in [7, 11) is 0. The lowest BCUT2D eigenvalue weighted by molar-refractivity contribution is 0.100. The Morgan fingerprint density at radius 1 is 1.18 bits per heavy atom. The maximum absolute atomic E-state index is 12.2. The number of hydrogen-bond acceptors (Lipinski definition) is 2. The highest BCUT2D eigenvalue weighted by atomic mass is 35.5. The molecule has 1 amide bonds. The van der Waals surface area contributed by atoms with Gasteiger partial charge in [-0.25, -0.2) is 4.85 Å². The molecule has 0 spiro atoms. The number of phenolic OH excluding ortho intramolecular Hbond substituents is 1. The first-order valence-electron chi connectivity index (χ1n) is 6.07. The molecule has 0 aromatic heterocycles. The number of benzene rings is 2. The summed E-state index contributed by atoms with van der Waals surface area (Å²) in [5.41, 5.74) is 11.3. The third-order valence-electron chi connectivity index (χ3n) is 2.86. The first-order chi connectivity index (χ1) is 10.4. The summed E-state index contributed by atoms with van der Waals surface area (Å²) in [5, 5.41) is 10.5. The van der Waals surface area contributed by atoms with Crippen molar-refractivity contribution in [2.75, 3.05) is 0 Å². The second-order valence-corrected chi connectivity index (χ2v) is 4.75. The van der Waals surface area contributed by atoms with Gasteiger partial charge in [-0.05, 0) is 23.8 Å². The van der Waals surface area contributed by atoms with Crippen molar-refractivity contribution in [1.82, 2.24) is 0 Å². The largest absolute Gasteiger partial charge is 0.507 e. The molecule has 0 saturated carbocycles. The van der Waals surface area contributed by atoms with Crippen LogP contribution in [0.4, 0.5) is 5.69 Å². The molecule has 0 bridgehead atoms. The lowest BCUT2D eigenvalue weighted by Crippen LogP contribution is -2.24. The Kier molecular flexibility index (Phi) is 4.30. The maximum Gasteiger partial charge on any atom is 0.283 e. The van der Waals surface area contributed by atoms with Crippen molar-refractivity contribution in [1.29, 1.82) is 0 Å². The summed E-state index contributed by atoms with van der Waals surface area (Å²) >= 11 is 5.84. The van der Waals surface area contributed by atoms with E-state index >= 15 is 0 Å². The van der Waals surface area contributed by atoms with Crippen LogP contribution >= 0.6 is 11.6 Å². The number of hydrogen-bond donors (Lipinski definition) is 3. The number of carbonyl (C=O) groups is 1. The van der Waals surface area contributed by atoms with E-state index in [4.69, 9.17) is 29.6 Å². The van der Waals surface area contributed by atoms with Crippen LogP contribution in [0.1, 0.15) is 10.4 Å². The Hall–Kier alpha value is -3.04. The number of aliphatic imine (C=N–C) groups is 1. The molecule has 0 aliphatic heterocycles. The van der Waals surface area contributed by atoms with Gasteiger partial charge in [-0.1, -0.05) is 29.8 Å². The molecule has 2 aromatic rings. The molecule has 2 rings (SSSR count). The lowest BCUT2D eigenvalue weighted by atomic mass is 9.96. The molecule has 0 aliphatic rings. The van der Waals surface area contributed by atoms with Gasteiger partial charge in [0.2, 0.25) is 0 Å². The molecule has 6 nitrogen and oxygen atoms in total. The molecule has 0 unspecified atom stereocenters. The minimum atomic E-state index is -0.826. The minimum absolute atomic E-state index is 0.135. The van der Waals surface area contributed by atoms with E-state index in [1.165, 1.54) is 12.1 Å². The van der Waals surface area contributed by atoms with Gasteiger partial charge in [0.1, 0.15) is 5.75 Å². The maximum atomic E-state index is 12.2. The molecule has 0 radical (unpaired) electrons. The Morgan fingerprint density at radius 3 is 2.36 bits per heavy atom. The molecule has 22 heavy (non-hydrogen) atoms. The van der Waals surface area contributed by atoms with Crippen molar-refractivity contribution < 1.29 is 9.90 Å². The summed E-state index contributed by atoms with van der Waals surface area (Å²) in [4.78, 5) is 19.0. The van der Waals surface area contributed by atoms with Crippen LogP contribution in [0.5, 0.6) is 5.75 Å². The van der Waals surface area contributed by atoms with Gasteiger partial charge < -0.3 is 16.6 Å². The van der Waals surface area contributed by atoms with Gasteiger partial charge >= 0.3 is 0 Å². The van der Waals surface area contributed by atoms with Crippen molar-refractivity contribution in [3.05, 3.63) is 58.4 Å². The number of nitrogens with zero attached hydrogens (tertiary/aromatic N) is 2. The van der Waals surface area contributed by atoms with E-state index in [2.05, 4.69) is 9.84 Å². The fourth-order valence-electron chi connectivity index (χ4n) is 1.97. The average Bonchev–Trinajstić information content (AvgIpc) is 2.47. The zero-order valence-corrected chi connectivity index (χ0v) is 12.0. The fourth-order valence-corrected chi connectivity index (χ4v) is 2.10. The monoisotopic (exact) mass is 314 g/mol. The molecule has 110 valence electrons. The van der Waals surface area contributed by atoms with Gasteiger partial charge in [0.25, 0.3) is 5.91 Å². The first kappa shape index (κ1) is 15.4. The third kappa shape index (κ3) is 3.00. The van der Waals surface area contributed by atoms with Crippen LogP contribution in [-0.2, 0) is 0 Å². The number of halogens is 1. The molecule has 0 fully saturated rings. The quantitative estimate of drug-likeness (QED) is 0.450. The molecular formula is C15H11ClN4O2. The Bertz CT molecular complexity index is 804. The SMILES string of the molecule is [C-]#[N+]c1ccc(O)c(C(=O)N=C(N)N)c1-c1ccc(Cl)cc1. The second kappa shape index (κ2) is 6.16. The predicted molar refractivity (Wildman–Crippen MR) is 85.0 cm³/mol. The van der Waals surface area contributed by atoms with E-state index in [0.29, 0.717) is 10.6 Å². The van der Waals surface area contributed by atoms with Gasteiger partial charge in [-0.15, -0.1) is 0 Å². The van der Waals surface area contributed by atoms with Gasteiger partial charge in [0.15, 0.2) is 11.6 Å². The van der Waals surface area contributed by atoms with Gasteiger partial charge in [0.05, 0.1) is 12.1 Å². The summed E-state index contributed by atoms with van der Waals surface area (Å²) in [6.45, 7) is 7.25. The van der Waals surface area contributed by atoms with Crippen LogP contribution < -0.4 is 11.5 Å². The summed E-state index contributed by atoms with van der Waals surface area (Å²) in [6.07, 6.45) is 0. The number of nitrogens with two attached hydrogens (primary N) is 2. The zero-order chi connectivity index (χ0) is 16.3. The van der Waals surface area contributed by atoms with Gasteiger partial charge in [0, 0.05) is 10.6 Å². The molecule has 0 aliphatic carbocycles. The molecule has 0 atom stereocenters. The number of rotatable bonds is 2. The second-order valence-electron chi connectivity index (χ2n) is 4.31. The smallest absolute Gasteiger partial charge is 0.283 e. The number of phenols is 1. The van der Waals surface area contributed by atoms with E-state index in [-0.39, 0.29) is 22.6 Å². The Balaban J connectivity index is 2.77. The predicted octanol–water partition coefficient (Wildman–Crippen LogP) is 2.68. The summed E-state index contributed by atoms with van der Waals surface area (Å²) in [5.74, 6) is -1.57. The van der Waals surface area contributed by atoms with Crippen molar-refractivity contribution in [2.24, 2.45) is 16.5 Å². The van der Waals surface area contributed by atoms with Crippen molar-refractivity contribution in [3.63, 3.8) is 0 Å². The molecule has 5 N–H and O–H groups in total. The third-order valence-corrected chi connectivity index (χ3v) is 3.11. The topological polar surface area (TPSA) is 106 Å². The average molecular weight is 315 g/mol. The Labute approximate surface area is 131 Å². The van der Waals surface area contributed by atoms with E-state index in [1.54, 1.807) is 24.3 Å². The standard InChI is InChI=1S/C15H11ClN4O2/c1-19-10-6-7-11(21)13(14(22)20-15(17)18)12(10)8-2-4-9(16)5-3-8/h2-7,21H,(H4,17,18,20,22). The van der Waals surface area contributed by atoms with Crippen LogP contribution in [0, 0.1) is 6.57 Å². The normalized spacial score (nSPS) is 9.82. The van der Waals surface area contributed by atoms with E-state index in [1.807, 2.05) is 0 Å². The molecule has 2 aromatic carbocycles. The fraction of sp³-hybridized carbons (Fsp3) is 0. The molecular weight excluding hydrogens is 304 g/mol. The van der Waals surface area contributed by atoms with Crippen molar-refractivity contribution >= 4 is 29.2 Å². The minimum Gasteiger partial charge on any atom is -0.507 e. The van der Waals surface area contributed by atoms with E-state index in [9.17, 15) is 9.90 Å². The van der Waals surface area contributed by atoms with Crippen molar-refractivity contribution in [3.8, 4) is 16.9 Å². The number of guanidine groups is 1. The highest BCUT2D eigenvalue weighted by molar-refractivity contribution is 6.30. The van der Waals surface area contributed by atoms with Crippen LogP contribution in [0.25, 0.3) is 16.0 Å². The number of amides is 1. The van der Waals surface area contributed by atoms with Gasteiger partial charge in [-0.3, -0.25) is 4.79 Å². The first-order valence-corrected chi connectivity index (χ1v) is 6.45. The molecule has 7 heteroatoms. The summed E-state index contributed by atoms with van der Waals surface area (Å²) in [6, 6.07) is 9.17. The number of carbonyl (C=O) groups excluding carboxylic acids is 1. The highest BCUT2D eigenvalue weighted by Crippen LogP contribution is 2.39. The zero-order valence-electron chi connectivity index (χ0n) is 11.2. The van der Waals surface area contributed by atoms with Crippen LogP contribution in [0.15, 0.2) is 41.4 Å². The molecule has 0 saturated heterocycles. The molecule has 0 heterocycles. The van der Waals surface area contributed by atoms with E-state index < -0.39 is 11.9 Å². The lowest BCUT2D eigenvalue weighted by Gasteiger charge is -2.11. The Morgan fingerprint density at radius 2 is 1.82 bits per heavy atom. The highest BCUT2D eigenvalue weighted by Gasteiger charge is 2.21. The van der Waals surface area contributed by atoms with Crippen LogP contribution in [-0.4, -0.2) is 17.0 Å². The van der Waals surface area contributed by atoms with Crippen LogP contribution in [0.3, 0.4) is 0 Å².